The van der Waals surface area contributed by atoms with Gasteiger partial charge in [0, 0.05) is 5.92 Å². The van der Waals surface area contributed by atoms with E-state index in [1.54, 1.807) is 7.11 Å². The summed E-state index contributed by atoms with van der Waals surface area (Å²) in [5.41, 5.74) is 0.961. The minimum Gasteiger partial charge on any atom is -0.497 e. The zero-order valence-corrected chi connectivity index (χ0v) is 10.3. The van der Waals surface area contributed by atoms with Crippen molar-refractivity contribution in [3.05, 3.63) is 29.8 Å². The van der Waals surface area contributed by atoms with Crippen molar-refractivity contribution in [2.75, 3.05) is 13.7 Å². The van der Waals surface area contributed by atoms with Crippen LogP contribution in [0, 0.1) is 0 Å². The van der Waals surface area contributed by atoms with Gasteiger partial charge < -0.3 is 4.74 Å². The first-order valence-corrected chi connectivity index (χ1v) is 5.67. The van der Waals surface area contributed by atoms with Gasteiger partial charge in [-0.1, -0.05) is 19.1 Å². The van der Waals surface area contributed by atoms with E-state index in [0.29, 0.717) is 10.1 Å². The van der Waals surface area contributed by atoms with E-state index < -0.39 is 12.1 Å². The van der Waals surface area contributed by atoms with Crippen LogP contribution in [0.1, 0.15) is 18.4 Å². The molecule has 0 saturated carbocycles. The summed E-state index contributed by atoms with van der Waals surface area (Å²) in [6, 6.07) is 6.14. The van der Waals surface area contributed by atoms with Gasteiger partial charge in [-0.2, -0.15) is 5.06 Å². The van der Waals surface area contributed by atoms with Crippen molar-refractivity contribution in [2.24, 2.45) is 0 Å². The molecule has 2 atom stereocenters. The number of benzene rings is 1. The summed E-state index contributed by atoms with van der Waals surface area (Å²) in [7, 11) is 1.59. The Balaban J connectivity index is 2.15. The Morgan fingerprint density at radius 2 is 1.94 bits per heavy atom. The van der Waals surface area contributed by atoms with Crippen LogP contribution in [0.2, 0.25) is 0 Å². The number of nitrogens with zero attached hydrogens (tertiary/aromatic N) is 2. The van der Waals surface area contributed by atoms with Gasteiger partial charge in [0.15, 0.2) is 0 Å². The second-order valence-electron chi connectivity index (χ2n) is 4.34. The monoisotopic (exact) mass is 252 g/mol. The van der Waals surface area contributed by atoms with Crippen molar-refractivity contribution in [3.8, 4) is 5.75 Å². The minimum absolute atomic E-state index is 0.0858. The lowest BCUT2D eigenvalue weighted by Gasteiger charge is -2.22. The molecule has 1 aromatic carbocycles. The molecule has 1 aliphatic rings. The van der Waals surface area contributed by atoms with E-state index in [1.807, 2.05) is 31.2 Å². The molecule has 0 radical (unpaired) electrons. The molecule has 2 amide bonds. The summed E-state index contributed by atoms with van der Waals surface area (Å²) < 4.78 is 5.07. The van der Waals surface area contributed by atoms with E-state index in [1.165, 1.54) is 0 Å². The second kappa shape index (κ2) is 4.83. The molecule has 1 fully saturated rings. The van der Waals surface area contributed by atoms with Gasteiger partial charge in [-0.25, -0.2) is 9.86 Å². The molecule has 1 aliphatic heterocycles. The van der Waals surface area contributed by atoms with Crippen LogP contribution in [0.25, 0.3) is 0 Å². The number of methoxy groups -OCH3 is 1. The Kier molecular flexibility index (Phi) is 3.40. The molecule has 2 rings (SSSR count). The molecule has 1 heterocycles. The fourth-order valence-corrected chi connectivity index (χ4v) is 2.09. The van der Waals surface area contributed by atoms with E-state index in [4.69, 9.17) is 4.74 Å². The number of hydroxylamine groups is 4. The van der Waals surface area contributed by atoms with E-state index >= 15 is 0 Å². The number of rotatable bonds is 3. The van der Waals surface area contributed by atoms with Crippen molar-refractivity contribution in [3.63, 3.8) is 0 Å². The first-order chi connectivity index (χ1) is 8.54. The van der Waals surface area contributed by atoms with Gasteiger partial charge >= 0.3 is 6.03 Å². The van der Waals surface area contributed by atoms with Crippen LogP contribution >= 0.6 is 0 Å². The number of hydrogen-bond donors (Lipinski definition) is 2. The number of ether oxygens (including phenoxy) is 1. The van der Waals surface area contributed by atoms with Crippen LogP contribution in [-0.2, 0) is 0 Å². The predicted octanol–water partition coefficient (Wildman–Crippen LogP) is 1.68. The molecular weight excluding hydrogens is 236 g/mol. The highest BCUT2D eigenvalue weighted by Gasteiger charge is 2.39. The summed E-state index contributed by atoms with van der Waals surface area (Å²) in [5.74, 6) is 0.653. The minimum atomic E-state index is -0.791. The molecule has 6 nitrogen and oxygen atoms in total. The summed E-state index contributed by atoms with van der Waals surface area (Å²) >= 11 is 0. The third-order valence-corrected chi connectivity index (χ3v) is 3.31. The highest BCUT2D eigenvalue weighted by atomic mass is 16.6. The number of carbonyl (C=O) groups is 1. The zero-order chi connectivity index (χ0) is 13.3. The molecular formula is C12H16N2O4. The SMILES string of the molecule is COc1ccc([C@@H](C)[C@H]2CN(O)C(=O)N2O)cc1. The number of carbonyl (C=O) groups excluding carboxylic acids is 1. The van der Waals surface area contributed by atoms with Gasteiger partial charge in [-0.15, -0.1) is 0 Å². The Hall–Kier alpha value is -1.79. The fraction of sp³-hybridized carbons (Fsp3) is 0.417. The maximum Gasteiger partial charge on any atom is 0.367 e. The molecule has 0 unspecified atom stereocenters. The first kappa shape index (κ1) is 12.7. The molecule has 0 spiro atoms. The standard InChI is InChI=1S/C12H16N2O4/c1-8(9-3-5-10(18-2)6-4-9)11-7-13(16)12(15)14(11)17/h3-6,8,11,16-17H,7H2,1-2H3/t8-,11-/m1/s1. The summed E-state index contributed by atoms with van der Waals surface area (Å²) in [5, 5.41) is 20.0. The molecule has 18 heavy (non-hydrogen) atoms. The average molecular weight is 252 g/mol. The lowest BCUT2D eigenvalue weighted by Crippen LogP contribution is -2.34. The van der Waals surface area contributed by atoms with E-state index in [-0.39, 0.29) is 12.5 Å². The number of urea groups is 1. The smallest absolute Gasteiger partial charge is 0.367 e. The average Bonchev–Trinajstić information content (AvgIpc) is 2.66. The van der Waals surface area contributed by atoms with E-state index in [0.717, 1.165) is 11.3 Å². The molecule has 0 bridgehead atoms. The molecule has 2 N–H and O–H groups in total. The molecule has 6 heteroatoms. The normalized spacial score (nSPS) is 21.3. The summed E-state index contributed by atoms with van der Waals surface area (Å²) in [6.45, 7) is 1.98. The zero-order valence-electron chi connectivity index (χ0n) is 10.3. The second-order valence-corrected chi connectivity index (χ2v) is 4.34. The van der Waals surface area contributed by atoms with Crippen molar-refractivity contribution in [1.82, 2.24) is 10.1 Å². The number of hydrogen-bond acceptors (Lipinski definition) is 4. The van der Waals surface area contributed by atoms with Crippen molar-refractivity contribution in [1.29, 1.82) is 0 Å². The predicted molar refractivity (Wildman–Crippen MR) is 62.7 cm³/mol. The molecule has 0 aliphatic carbocycles. The topological polar surface area (TPSA) is 73.2 Å². The van der Waals surface area contributed by atoms with Crippen LogP contribution in [-0.4, -0.2) is 46.3 Å². The van der Waals surface area contributed by atoms with Crippen LogP contribution in [0.15, 0.2) is 24.3 Å². The third-order valence-electron chi connectivity index (χ3n) is 3.31. The number of amides is 2. The van der Waals surface area contributed by atoms with Crippen LogP contribution < -0.4 is 4.74 Å². The van der Waals surface area contributed by atoms with Crippen molar-refractivity contribution < 1.29 is 19.9 Å². The Labute approximate surface area is 105 Å². The molecule has 1 aromatic rings. The molecule has 1 saturated heterocycles. The molecule has 0 aromatic heterocycles. The van der Waals surface area contributed by atoms with Crippen molar-refractivity contribution >= 4 is 6.03 Å². The van der Waals surface area contributed by atoms with E-state index in [9.17, 15) is 15.2 Å². The van der Waals surface area contributed by atoms with Gasteiger partial charge in [0.1, 0.15) is 5.75 Å². The van der Waals surface area contributed by atoms with Gasteiger partial charge in [-0.05, 0) is 17.7 Å². The van der Waals surface area contributed by atoms with Gasteiger partial charge in [0.25, 0.3) is 0 Å². The Morgan fingerprint density at radius 1 is 1.33 bits per heavy atom. The highest BCUT2D eigenvalue weighted by molar-refractivity contribution is 5.74. The largest absolute Gasteiger partial charge is 0.497 e. The summed E-state index contributed by atoms with van der Waals surface area (Å²) in [4.78, 5) is 11.3. The van der Waals surface area contributed by atoms with Crippen molar-refractivity contribution in [2.45, 2.75) is 18.9 Å². The molecule has 98 valence electrons. The quantitative estimate of drug-likeness (QED) is 0.803. The maximum atomic E-state index is 11.3. The van der Waals surface area contributed by atoms with Crippen LogP contribution in [0.4, 0.5) is 4.79 Å². The van der Waals surface area contributed by atoms with E-state index in [2.05, 4.69) is 0 Å². The lowest BCUT2D eigenvalue weighted by molar-refractivity contribution is -0.0738. The van der Waals surface area contributed by atoms with Crippen LogP contribution in [0.3, 0.4) is 0 Å². The Morgan fingerprint density at radius 3 is 2.39 bits per heavy atom. The summed E-state index contributed by atoms with van der Waals surface area (Å²) in [6.07, 6.45) is 0. The first-order valence-electron chi connectivity index (χ1n) is 5.67. The fourth-order valence-electron chi connectivity index (χ4n) is 2.09. The maximum absolute atomic E-state index is 11.3. The van der Waals surface area contributed by atoms with Gasteiger partial charge in [0.05, 0.1) is 19.7 Å². The highest BCUT2D eigenvalue weighted by Crippen LogP contribution is 2.28. The Bertz CT molecular complexity index is 434. The van der Waals surface area contributed by atoms with Gasteiger partial charge in [-0.3, -0.25) is 10.4 Å². The lowest BCUT2D eigenvalue weighted by atomic mass is 9.93. The van der Waals surface area contributed by atoms with Crippen LogP contribution in [0.5, 0.6) is 5.75 Å². The van der Waals surface area contributed by atoms with Gasteiger partial charge in [0.2, 0.25) is 0 Å². The third kappa shape index (κ3) is 2.12.